The number of rotatable bonds is 0. The van der Waals surface area contributed by atoms with E-state index in [2.05, 4.69) is 74.5 Å². The lowest BCUT2D eigenvalue weighted by Crippen LogP contribution is -1.87. The number of fused-ring (bicyclic) bond motifs is 3. The molecular weight excluding hydrogens is 276 g/mol. The molecule has 118 valence electrons. The molecule has 0 saturated heterocycles. The van der Waals surface area contributed by atoms with Gasteiger partial charge in [0.15, 0.2) is 0 Å². The molecule has 0 radical (unpaired) electrons. The molecular formula is C23H26. The number of hydrogen-bond acceptors (Lipinski definition) is 0. The molecule has 1 aliphatic carbocycles. The Hall–Kier alpha value is -2.34. The van der Waals surface area contributed by atoms with Crippen molar-refractivity contribution in [3.63, 3.8) is 0 Å². The molecule has 0 N–H and O–H groups in total. The third kappa shape index (κ3) is 3.90. The van der Waals surface area contributed by atoms with Gasteiger partial charge in [-0.05, 0) is 29.2 Å². The molecule has 0 fully saturated rings. The first-order chi connectivity index (χ1) is 11.3. The first-order valence-electron chi connectivity index (χ1n) is 8.47. The average molecular weight is 302 g/mol. The quantitative estimate of drug-likeness (QED) is 0.426. The van der Waals surface area contributed by atoms with Crippen molar-refractivity contribution in [1.82, 2.24) is 0 Å². The lowest BCUT2D eigenvalue weighted by atomic mass is 10.00. The molecule has 0 heterocycles. The van der Waals surface area contributed by atoms with Gasteiger partial charge < -0.3 is 0 Å². The van der Waals surface area contributed by atoms with Crippen LogP contribution in [-0.4, -0.2) is 0 Å². The molecule has 0 atom stereocenters. The fourth-order valence-corrected chi connectivity index (χ4v) is 2.94. The molecule has 1 aliphatic rings. The number of benzene rings is 3. The van der Waals surface area contributed by atoms with Crippen molar-refractivity contribution in [2.45, 2.75) is 33.6 Å². The van der Waals surface area contributed by atoms with E-state index < -0.39 is 0 Å². The van der Waals surface area contributed by atoms with Crippen LogP contribution in [0.3, 0.4) is 0 Å². The average Bonchev–Trinajstić information content (AvgIpc) is 2.92. The molecule has 4 rings (SSSR count). The molecule has 0 aromatic heterocycles. The Labute approximate surface area is 140 Å². The summed E-state index contributed by atoms with van der Waals surface area (Å²) in [5, 5.41) is 0. The van der Waals surface area contributed by atoms with Crippen LogP contribution < -0.4 is 0 Å². The third-order valence-corrected chi connectivity index (χ3v) is 4.09. The maximum absolute atomic E-state index is 2.28. The fourth-order valence-electron chi connectivity index (χ4n) is 2.94. The summed E-state index contributed by atoms with van der Waals surface area (Å²) in [7, 11) is 0. The van der Waals surface area contributed by atoms with Crippen LogP contribution >= 0.6 is 0 Å². The molecule has 0 nitrogen and oxygen atoms in total. The minimum atomic E-state index is 0.558. The molecule has 0 heteroatoms. The van der Waals surface area contributed by atoms with Gasteiger partial charge in [0.1, 0.15) is 0 Å². The van der Waals surface area contributed by atoms with E-state index in [1.807, 2.05) is 32.0 Å². The molecule has 0 unspecified atom stereocenters. The molecule has 0 spiro atoms. The highest BCUT2D eigenvalue weighted by molar-refractivity contribution is 5.78. The minimum Gasteiger partial charge on any atom is -0.0683 e. The van der Waals surface area contributed by atoms with Crippen LogP contribution in [0, 0.1) is 6.92 Å². The van der Waals surface area contributed by atoms with Gasteiger partial charge in [-0.2, -0.15) is 0 Å². The zero-order valence-corrected chi connectivity index (χ0v) is 14.6. The van der Waals surface area contributed by atoms with Gasteiger partial charge in [-0.1, -0.05) is 105 Å². The first kappa shape index (κ1) is 17.0. The highest BCUT2D eigenvalue weighted by Crippen LogP contribution is 2.43. The van der Waals surface area contributed by atoms with Crippen molar-refractivity contribution in [2.75, 3.05) is 0 Å². The van der Waals surface area contributed by atoms with Gasteiger partial charge >= 0.3 is 0 Å². The molecule has 0 aliphatic heterocycles. The standard InChI is InChI=1S/C14H12.C7H8.C2H6/c1-10-11-6-2-4-8-13(11)14-9-5-3-7-12(10)14;1-7-5-3-2-4-6-7;1-2/h2-10H,1H3;2-6H,1H3;1-2H3. The second-order valence-electron chi connectivity index (χ2n) is 5.55. The number of aryl methyl sites for hydroxylation is 1. The summed E-state index contributed by atoms with van der Waals surface area (Å²) < 4.78 is 0. The van der Waals surface area contributed by atoms with Gasteiger partial charge in [-0.25, -0.2) is 0 Å². The minimum absolute atomic E-state index is 0.558. The predicted molar refractivity (Wildman–Crippen MR) is 102 cm³/mol. The third-order valence-electron chi connectivity index (χ3n) is 4.09. The van der Waals surface area contributed by atoms with Crippen molar-refractivity contribution in [3.05, 3.63) is 95.6 Å². The van der Waals surface area contributed by atoms with E-state index in [1.165, 1.54) is 27.8 Å². The van der Waals surface area contributed by atoms with Crippen LogP contribution in [0.15, 0.2) is 78.9 Å². The highest BCUT2D eigenvalue weighted by atomic mass is 14.3. The summed E-state index contributed by atoms with van der Waals surface area (Å²) in [6.45, 7) is 8.37. The monoisotopic (exact) mass is 302 g/mol. The summed E-state index contributed by atoms with van der Waals surface area (Å²) in [6, 6.07) is 27.7. The highest BCUT2D eigenvalue weighted by Gasteiger charge is 2.23. The van der Waals surface area contributed by atoms with E-state index in [9.17, 15) is 0 Å². The molecule has 3 aromatic carbocycles. The van der Waals surface area contributed by atoms with Crippen LogP contribution in [-0.2, 0) is 0 Å². The predicted octanol–water partition coefficient (Wildman–Crippen LogP) is 6.84. The Morgan fingerprint density at radius 1 is 0.565 bits per heavy atom. The molecule has 23 heavy (non-hydrogen) atoms. The van der Waals surface area contributed by atoms with E-state index in [0.29, 0.717) is 5.92 Å². The summed E-state index contributed by atoms with van der Waals surface area (Å²) >= 11 is 0. The maximum atomic E-state index is 2.28. The van der Waals surface area contributed by atoms with Crippen molar-refractivity contribution in [1.29, 1.82) is 0 Å². The van der Waals surface area contributed by atoms with E-state index >= 15 is 0 Å². The smallest absolute Gasteiger partial charge is 0.00733 e. The van der Waals surface area contributed by atoms with E-state index in [-0.39, 0.29) is 0 Å². The lowest BCUT2D eigenvalue weighted by molar-refractivity contribution is 0.957. The molecule has 0 saturated carbocycles. The molecule has 0 amide bonds. The zero-order valence-electron chi connectivity index (χ0n) is 14.6. The Morgan fingerprint density at radius 3 is 1.35 bits per heavy atom. The molecule has 0 bridgehead atoms. The van der Waals surface area contributed by atoms with Gasteiger partial charge in [0.05, 0.1) is 0 Å². The Balaban J connectivity index is 0.000000181. The zero-order chi connectivity index (χ0) is 16.7. The van der Waals surface area contributed by atoms with Crippen molar-refractivity contribution in [2.24, 2.45) is 0 Å². The van der Waals surface area contributed by atoms with Crippen molar-refractivity contribution < 1.29 is 0 Å². The van der Waals surface area contributed by atoms with Gasteiger partial charge in [0, 0.05) is 5.92 Å². The van der Waals surface area contributed by atoms with E-state index in [4.69, 9.17) is 0 Å². The fraction of sp³-hybridized carbons (Fsp3) is 0.217. The Kier molecular flexibility index (Phi) is 6.17. The van der Waals surface area contributed by atoms with Crippen molar-refractivity contribution in [3.8, 4) is 11.1 Å². The van der Waals surface area contributed by atoms with Gasteiger partial charge in [-0.3, -0.25) is 0 Å². The second-order valence-corrected chi connectivity index (χ2v) is 5.55. The van der Waals surface area contributed by atoms with E-state index in [0.717, 1.165) is 0 Å². The van der Waals surface area contributed by atoms with Crippen LogP contribution in [0.4, 0.5) is 0 Å². The normalized spacial score (nSPS) is 11.3. The van der Waals surface area contributed by atoms with Crippen molar-refractivity contribution >= 4 is 0 Å². The Morgan fingerprint density at radius 2 is 0.957 bits per heavy atom. The topological polar surface area (TPSA) is 0 Å². The van der Waals surface area contributed by atoms with E-state index in [1.54, 1.807) is 0 Å². The van der Waals surface area contributed by atoms with Gasteiger partial charge in [0.25, 0.3) is 0 Å². The number of hydrogen-bond donors (Lipinski definition) is 0. The Bertz CT molecular complexity index is 680. The van der Waals surface area contributed by atoms with Gasteiger partial charge in [-0.15, -0.1) is 0 Å². The summed E-state index contributed by atoms with van der Waals surface area (Å²) in [4.78, 5) is 0. The second kappa shape index (κ2) is 8.33. The van der Waals surface area contributed by atoms with Gasteiger partial charge in [0.2, 0.25) is 0 Å². The van der Waals surface area contributed by atoms with Crippen LogP contribution in [0.5, 0.6) is 0 Å². The molecule has 3 aromatic rings. The summed E-state index contributed by atoms with van der Waals surface area (Å²) in [6.07, 6.45) is 0. The maximum Gasteiger partial charge on any atom is 0.00733 e. The first-order valence-corrected chi connectivity index (χ1v) is 8.47. The van der Waals surface area contributed by atoms with Crippen LogP contribution in [0.25, 0.3) is 11.1 Å². The lowest BCUT2D eigenvalue weighted by Gasteiger charge is -2.04. The summed E-state index contributed by atoms with van der Waals surface area (Å²) in [5.74, 6) is 0.558. The SMILES string of the molecule is CC.CC1c2ccccc2-c2ccccc21.Cc1ccccc1. The summed E-state index contributed by atoms with van der Waals surface area (Å²) in [5.41, 5.74) is 7.08. The van der Waals surface area contributed by atoms with Crippen LogP contribution in [0.1, 0.15) is 43.4 Å². The van der Waals surface area contributed by atoms with Crippen LogP contribution in [0.2, 0.25) is 0 Å². The largest absolute Gasteiger partial charge is 0.0683 e.